The smallest absolute Gasteiger partial charge is 0.389 e. The van der Waals surface area contributed by atoms with Gasteiger partial charge in [-0.3, -0.25) is 0 Å². The minimum Gasteiger partial charge on any atom is -0.389 e. The van der Waals surface area contributed by atoms with E-state index < -0.39 is 23.7 Å². The van der Waals surface area contributed by atoms with Crippen LogP contribution in [0.15, 0.2) is 18.2 Å². The molecule has 2 N–H and O–H groups in total. The van der Waals surface area contributed by atoms with Gasteiger partial charge in [-0.25, -0.2) is 4.39 Å². The Morgan fingerprint density at radius 3 is 2.50 bits per heavy atom. The molecule has 0 aliphatic carbocycles. The van der Waals surface area contributed by atoms with Crippen molar-refractivity contribution in [2.75, 3.05) is 18.5 Å². The van der Waals surface area contributed by atoms with Crippen LogP contribution in [0.3, 0.4) is 0 Å². The van der Waals surface area contributed by atoms with Gasteiger partial charge in [-0.15, -0.1) is 0 Å². The standard InChI is InChI=1S/C13H17F4NO2/c1-8(2)20-7-10(19)6-18-9-3-4-12(14)11(5-9)13(15,16)17/h3-5,8,10,18-19H,6-7H2,1-2H3. The number of ether oxygens (including phenoxy) is 1. The van der Waals surface area contributed by atoms with Crippen LogP contribution < -0.4 is 5.32 Å². The van der Waals surface area contributed by atoms with Gasteiger partial charge in [0.1, 0.15) is 5.82 Å². The number of anilines is 1. The Hall–Kier alpha value is -1.34. The fraction of sp³-hybridized carbons (Fsp3) is 0.538. The van der Waals surface area contributed by atoms with Crippen LogP contribution in [0, 0.1) is 5.82 Å². The molecule has 0 radical (unpaired) electrons. The van der Waals surface area contributed by atoms with Gasteiger partial charge in [-0.2, -0.15) is 13.2 Å². The number of halogens is 4. The summed E-state index contributed by atoms with van der Waals surface area (Å²) in [5.41, 5.74) is -1.25. The third kappa shape index (κ3) is 5.34. The van der Waals surface area contributed by atoms with Crippen molar-refractivity contribution >= 4 is 5.69 Å². The molecule has 1 rings (SSSR count). The van der Waals surface area contributed by atoms with Gasteiger partial charge in [-0.1, -0.05) is 0 Å². The number of nitrogens with one attached hydrogen (secondary N) is 1. The van der Waals surface area contributed by atoms with E-state index >= 15 is 0 Å². The molecular weight excluding hydrogens is 278 g/mol. The van der Waals surface area contributed by atoms with Gasteiger partial charge in [0.2, 0.25) is 0 Å². The third-order valence-electron chi connectivity index (χ3n) is 2.44. The van der Waals surface area contributed by atoms with Crippen molar-refractivity contribution in [1.29, 1.82) is 0 Å². The van der Waals surface area contributed by atoms with Crippen LogP contribution >= 0.6 is 0 Å². The minimum absolute atomic E-state index is 0.00957. The van der Waals surface area contributed by atoms with Crippen LogP contribution in [0.25, 0.3) is 0 Å². The Morgan fingerprint density at radius 2 is 1.95 bits per heavy atom. The van der Waals surface area contributed by atoms with Crippen molar-refractivity contribution in [3.05, 3.63) is 29.6 Å². The van der Waals surface area contributed by atoms with Crippen LogP contribution in [0.4, 0.5) is 23.2 Å². The van der Waals surface area contributed by atoms with Gasteiger partial charge in [0.15, 0.2) is 0 Å². The maximum absolute atomic E-state index is 13.1. The lowest BCUT2D eigenvalue weighted by Gasteiger charge is -2.16. The number of alkyl halides is 3. The molecular formula is C13H17F4NO2. The molecule has 3 nitrogen and oxygen atoms in total. The summed E-state index contributed by atoms with van der Waals surface area (Å²) in [6.45, 7) is 3.68. The van der Waals surface area contributed by atoms with Gasteiger partial charge in [-0.05, 0) is 32.0 Å². The summed E-state index contributed by atoms with van der Waals surface area (Å²) in [5, 5.41) is 12.2. The molecule has 0 amide bonds. The first-order valence-electron chi connectivity index (χ1n) is 6.10. The summed E-state index contributed by atoms with van der Waals surface area (Å²) in [7, 11) is 0. The highest BCUT2D eigenvalue weighted by molar-refractivity contribution is 5.47. The molecule has 114 valence electrons. The minimum atomic E-state index is -4.75. The van der Waals surface area contributed by atoms with Crippen LogP contribution in [-0.4, -0.2) is 30.5 Å². The lowest BCUT2D eigenvalue weighted by molar-refractivity contribution is -0.139. The van der Waals surface area contributed by atoms with Crippen LogP contribution in [-0.2, 0) is 10.9 Å². The average molecular weight is 295 g/mol. The van der Waals surface area contributed by atoms with E-state index in [0.717, 1.165) is 6.07 Å². The molecule has 0 spiro atoms. The highest BCUT2D eigenvalue weighted by atomic mass is 19.4. The Kier molecular flexibility index (Phi) is 5.76. The predicted molar refractivity (Wildman–Crippen MR) is 67.0 cm³/mol. The quantitative estimate of drug-likeness (QED) is 0.793. The van der Waals surface area contributed by atoms with Crippen molar-refractivity contribution in [1.82, 2.24) is 0 Å². The average Bonchev–Trinajstić information content (AvgIpc) is 2.33. The Balaban J connectivity index is 2.61. The number of aliphatic hydroxyl groups is 1. The second-order valence-corrected chi connectivity index (χ2v) is 4.61. The summed E-state index contributed by atoms with van der Waals surface area (Å²) in [5.74, 6) is -1.33. The molecule has 1 unspecified atom stereocenters. The maximum atomic E-state index is 13.1. The van der Waals surface area contributed by atoms with Gasteiger partial charge in [0, 0.05) is 12.2 Å². The zero-order valence-electron chi connectivity index (χ0n) is 11.2. The molecule has 1 atom stereocenters. The maximum Gasteiger partial charge on any atom is 0.419 e. The number of benzene rings is 1. The van der Waals surface area contributed by atoms with Crippen molar-refractivity contribution in [2.45, 2.75) is 32.2 Å². The van der Waals surface area contributed by atoms with Crippen molar-refractivity contribution < 1.29 is 27.4 Å². The van der Waals surface area contributed by atoms with Gasteiger partial charge in [0.25, 0.3) is 0 Å². The van der Waals surface area contributed by atoms with E-state index in [4.69, 9.17) is 4.74 Å². The molecule has 0 aromatic heterocycles. The lowest BCUT2D eigenvalue weighted by atomic mass is 10.1. The lowest BCUT2D eigenvalue weighted by Crippen LogP contribution is -2.26. The molecule has 0 saturated carbocycles. The summed E-state index contributed by atoms with van der Waals surface area (Å²) >= 11 is 0. The summed E-state index contributed by atoms with van der Waals surface area (Å²) in [6.07, 6.45) is -5.66. The molecule has 7 heteroatoms. The van der Waals surface area contributed by atoms with E-state index in [1.807, 2.05) is 0 Å². The molecule has 1 aromatic carbocycles. The zero-order valence-corrected chi connectivity index (χ0v) is 11.2. The van der Waals surface area contributed by atoms with E-state index in [9.17, 15) is 22.7 Å². The Morgan fingerprint density at radius 1 is 1.30 bits per heavy atom. The van der Waals surface area contributed by atoms with E-state index in [2.05, 4.69) is 5.32 Å². The molecule has 20 heavy (non-hydrogen) atoms. The summed E-state index contributed by atoms with van der Waals surface area (Å²) in [6, 6.07) is 2.59. The summed E-state index contributed by atoms with van der Waals surface area (Å²) in [4.78, 5) is 0. The number of hydrogen-bond donors (Lipinski definition) is 2. The van der Waals surface area contributed by atoms with Crippen molar-refractivity contribution in [3.63, 3.8) is 0 Å². The normalized spacial score (nSPS) is 13.6. The predicted octanol–water partition coefficient (Wildman–Crippen LogP) is 3.04. The Bertz CT molecular complexity index is 435. The molecule has 0 heterocycles. The highest BCUT2D eigenvalue weighted by Crippen LogP contribution is 2.32. The van der Waals surface area contributed by atoms with Crippen molar-refractivity contribution in [2.24, 2.45) is 0 Å². The fourth-order valence-corrected chi connectivity index (χ4v) is 1.45. The van der Waals surface area contributed by atoms with Gasteiger partial charge >= 0.3 is 6.18 Å². The Labute approximate surface area is 114 Å². The van der Waals surface area contributed by atoms with E-state index in [0.29, 0.717) is 6.07 Å². The van der Waals surface area contributed by atoms with Gasteiger partial charge in [0.05, 0.1) is 24.4 Å². The first kappa shape index (κ1) is 16.7. The second kappa shape index (κ2) is 6.90. The topological polar surface area (TPSA) is 41.5 Å². The van der Waals surface area contributed by atoms with E-state index in [1.165, 1.54) is 6.07 Å². The molecule has 0 aliphatic rings. The van der Waals surface area contributed by atoms with Crippen LogP contribution in [0.1, 0.15) is 19.4 Å². The fourth-order valence-electron chi connectivity index (χ4n) is 1.45. The first-order chi connectivity index (χ1) is 9.20. The van der Waals surface area contributed by atoms with Crippen LogP contribution in [0.2, 0.25) is 0 Å². The molecule has 0 saturated heterocycles. The van der Waals surface area contributed by atoms with E-state index in [-0.39, 0.29) is 24.9 Å². The van der Waals surface area contributed by atoms with Crippen molar-refractivity contribution in [3.8, 4) is 0 Å². The molecule has 0 fully saturated rings. The van der Waals surface area contributed by atoms with Crippen LogP contribution in [0.5, 0.6) is 0 Å². The largest absolute Gasteiger partial charge is 0.419 e. The number of rotatable bonds is 6. The zero-order chi connectivity index (χ0) is 15.3. The number of aliphatic hydroxyl groups excluding tert-OH is 1. The molecule has 0 bridgehead atoms. The molecule has 0 aliphatic heterocycles. The summed E-state index contributed by atoms with van der Waals surface area (Å²) < 4.78 is 55.7. The van der Waals surface area contributed by atoms with Gasteiger partial charge < -0.3 is 15.2 Å². The first-order valence-corrected chi connectivity index (χ1v) is 6.10. The highest BCUT2D eigenvalue weighted by Gasteiger charge is 2.34. The number of hydrogen-bond acceptors (Lipinski definition) is 3. The monoisotopic (exact) mass is 295 g/mol. The SMILES string of the molecule is CC(C)OCC(O)CNc1ccc(F)c(C(F)(F)F)c1. The second-order valence-electron chi connectivity index (χ2n) is 4.61. The van der Waals surface area contributed by atoms with E-state index in [1.54, 1.807) is 13.8 Å². The molecule has 1 aromatic rings. The third-order valence-corrected chi connectivity index (χ3v) is 2.44.